The van der Waals surface area contributed by atoms with E-state index in [1.165, 1.54) is 0 Å². The van der Waals surface area contributed by atoms with Crippen LogP contribution >= 0.6 is 0 Å². The summed E-state index contributed by atoms with van der Waals surface area (Å²) in [5.74, 6) is 0.598. The Balaban J connectivity index is 1.44. The number of hydrogen-bond acceptors (Lipinski definition) is 5. The fraction of sp³-hybridized carbons (Fsp3) is 0.591. The van der Waals surface area contributed by atoms with E-state index in [0.29, 0.717) is 32.7 Å². The Kier molecular flexibility index (Phi) is 5.11. The predicted molar refractivity (Wildman–Crippen MR) is 111 cm³/mol. The molecule has 1 aromatic carbocycles. The van der Waals surface area contributed by atoms with Crippen molar-refractivity contribution >= 4 is 23.7 Å². The van der Waals surface area contributed by atoms with E-state index < -0.39 is 5.60 Å². The number of benzene rings is 1. The van der Waals surface area contributed by atoms with Crippen molar-refractivity contribution in [3.8, 4) is 5.75 Å². The van der Waals surface area contributed by atoms with Crippen LogP contribution in [0.1, 0.15) is 45.6 Å². The van der Waals surface area contributed by atoms with Crippen LogP contribution < -0.4 is 15.0 Å². The fourth-order valence-electron chi connectivity index (χ4n) is 4.32. The number of fused-ring (bicyclic) bond motifs is 1. The van der Waals surface area contributed by atoms with E-state index in [-0.39, 0.29) is 23.4 Å². The van der Waals surface area contributed by atoms with Crippen molar-refractivity contribution in [1.29, 1.82) is 0 Å². The van der Waals surface area contributed by atoms with E-state index in [9.17, 15) is 14.4 Å². The number of nitrogens with one attached hydrogen (secondary N) is 1. The molecule has 0 unspecified atom stereocenters. The third-order valence-corrected chi connectivity index (χ3v) is 5.98. The summed E-state index contributed by atoms with van der Waals surface area (Å²) in [6, 6.07) is 5.36. The molecular formula is C22H29N3O5. The van der Waals surface area contributed by atoms with Crippen molar-refractivity contribution in [2.45, 2.75) is 52.1 Å². The van der Waals surface area contributed by atoms with Crippen molar-refractivity contribution in [1.82, 2.24) is 10.2 Å². The van der Waals surface area contributed by atoms with Gasteiger partial charge < -0.3 is 14.4 Å². The normalized spacial score (nSPS) is 21.0. The highest BCUT2D eigenvalue weighted by atomic mass is 16.6. The molecule has 0 radical (unpaired) electrons. The van der Waals surface area contributed by atoms with Gasteiger partial charge in [-0.25, -0.2) is 9.59 Å². The number of carbonyl (C=O) groups excluding carboxylic acids is 3. The van der Waals surface area contributed by atoms with Crippen molar-refractivity contribution < 1.29 is 23.9 Å². The average Bonchev–Trinajstić information content (AvgIpc) is 2.66. The number of urea groups is 1. The third-order valence-electron chi connectivity index (χ3n) is 5.98. The second-order valence-corrected chi connectivity index (χ2v) is 9.48. The number of rotatable bonds is 1. The van der Waals surface area contributed by atoms with Crippen LogP contribution in [0.2, 0.25) is 0 Å². The number of piperidine rings is 1. The molecule has 1 N–H and O–H groups in total. The van der Waals surface area contributed by atoms with Gasteiger partial charge in [-0.15, -0.1) is 0 Å². The van der Waals surface area contributed by atoms with Crippen molar-refractivity contribution in [2.24, 2.45) is 5.41 Å². The van der Waals surface area contributed by atoms with Crippen LogP contribution in [-0.2, 0) is 16.0 Å². The first-order valence-corrected chi connectivity index (χ1v) is 10.5. The van der Waals surface area contributed by atoms with Gasteiger partial charge in [0, 0.05) is 37.2 Å². The molecule has 8 nitrogen and oxygen atoms in total. The zero-order chi connectivity index (χ0) is 21.5. The molecule has 4 amide bonds. The summed E-state index contributed by atoms with van der Waals surface area (Å²) >= 11 is 0. The van der Waals surface area contributed by atoms with Crippen LogP contribution in [0.15, 0.2) is 18.2 Å². The van der Waals surface area contributed by atoms with Crippen molar-refractivity contribution in [2.75, 3.05) is 31.1 Å². The van der Waals surface area contributed by atoms with E-state index in [2.05, 4.69) is 5.32 Å². The maximum Gasteiger partial charge on any atom is 0.410 e. The zero-order valence-corrected chi connectivity index (χ0v) is 17.8. The highest BCUT2D eigenvalue weighted by Gasteiger charge is 2.41. The number of nitrogens with zero attached hydrogens (tertiary/aromatic N) is 2. The minimum atomic E-state index is -0.499. The fourth-order valence-corrected chi connectivity index (χ4v) is 4.32. The molecule has 162 valence electrons. The Morgan fingerprint density at radius 3 is 2.57 bits per heavy atom. The molecule has 0 aliphatic carbocycles. The molecule has 2 saturated heterocycles. The Morgan fingerprint density at radius 2 is 1.90 bits per heavy atom. The second kappa shape index (κ2) is 7.49. The van der Waals surface area contributed by atoms with Gasteiger partial charge in [-0.05, 0) is 63.8 Å². The van der Waals surface area contributed by atoms with Gasteiger partial charge in [0.1, 0.15) is 11.4 Å². The molecular weight excluding hydrogens is 386 g/mol. The van der Waals surface area contributed by atoms with Gasteiger partial charge in [-0.2, -0.15) is 0 Å². The quantitative estimate of drug-likeness (QED) is 0.762. The summed E-state index contributed by atoms with van der Waals surface area (Å²) in [6.07, 6.45) is 2.56. The molecule has 3 aliphatic heterocycles. The molecule has 8 heteroatoms. The van der Waals surface area contributed by atoms with Crippen molar-refractivity contribution in [3.05, 3.63) is 23.8 Å². The number of imide groups is 1. The molecule has 0 saturated carbocycles. The summed E-state index contributed by atoms with van der Waals surface area (Å²) in [5.41, 5.74) is 1.31. The molecule has 2 fully saturated rings. The van der Waals surface area contributed by atoms with E-state index >= 15 is 0 Å². The molecule has 1 spiro atoms. The number of ether oxygens (including phenoxy) is 2. The summed E-state index contributed by atoms with van der Waals surface area (Å²) < 4.78 is 11.6. The van der Waals surface area contributed by atoms with Crippen LogP contribution in [0.5, 0.6) is 5.75 Å². The van der Waals surface area contributed by atoms with Gasteiger partial charge in [-0.3, -0.25) is 15.0 Å². The highest BCUT2D eigenvalue weighted by Crippen LogP contribution is 2.43. The molecule has 0 bridgehead atoms. The molecule has 3 heterocycles. The molecule has 0 aromatic heterocycles. The van der Waals surface area contributed by atoms with Gasteiger partial charge in [0.05, 0.1) is 6.61 Å². The zero-order valence-electron chi connectivity index (χ0n) is 17.8. The minimum Gasteiger partial charge on any atom is -0.493 e. The molecule has 3 aliphatic rings. The molecule has 4 rings (SSSR count). The minimum absolute atomic E-state index is 0.0236. The van der Waals surface area contributed by atoms with Crippen molar-refractivity contribution in [3.63, 3.8) is 0 Å². The number of anilines is 1. The monoisotopic (exact) mass is 415 g/mol. The van der Waals surface area contributed by atoms with Gasteiger partial charge in [-0.1, -0.05) is 0 Å². The van der Waals surface area contributed by atoms with Crippen LogP contribution in [0.4, 0.5) is 15.3 Å². The Bertz CT molecular complexity index is 868. The van der Waals surface area contributed by atoms with E-state index in [0.717, 1.165) is 36.3 Å². The topological polar surface area (TPSA) is 88.2 Å². The first-order valence-electron chi connectivity index (χ1n) is 10.5. The Hall–Kier alpha value is -2.77. The SMILES string of the molecule is CC(C)(C)OC(=O)N1CCC2(CC1)COc1ccc(N3CCC(=O)NC3=O)cc1C2. The lowest BCUT2D eigenvalue weighted by molar-refractivity contribution is -0.120. The first-order chi connectivity index (χ1) is 14.1. The van der Waals surface area contributed by atoms with E-state index in [1.807, 2.05) is 39.0 Å². The van der Waals surface area contributed by atoms with Crippen LogP contribution in [0, 0.1) is 5.41 Å². The number of hydrogen-bond donors (Lipinski definition) is 1. The lowest BCUT2D eigenvalue weighted by atomic mass is 9.73. The lowest BCUT2D eigenvalue weighted by Crippen LogP contribution is -2.50. The van der Waals surface area contributed by atoms with Crippen LogP contribution in [0.25, 0.3) is 0 Å². The summed E-state index contributed by atoms with van der Waals surface area (Å²) in [7, 11) is 0. The summed E-state index contributed by atoms with van der Waals surface area (Å²) in [5, 5.41) is 2.36. The molecule has 30 heavy (non-hydrogen) atoms. The van der Waals surface area contributed by atoms with Gasteiger partial charge in [0.15, 0.2) is 0 Å². The lowest BCUT2D eigenvalue weighted by Gasteiger charge is -2.44. The first kappa shape index (κ1) is 20.5. The van der Waals surface area contributed by atoms with E-state index in [4.69, 9.17) is 9.47 Å². The predicted octanol–water partition coefficient (Wildman–Crippen LogP) is 3.09. The maximum atomic E-state index is 12.4. The average molecular weight is 415 g/mol. The van der Waals surface area contributed by atoms with Gasteiger partial charge in [0.25, 0.3) is 0 Å². The summed E-state index contributed by atoms with van der Waals surface area (Å²) in [6.45, 7) is 7.91. The third kappa shape index (κ3) is 4.22. The van der Waals surface area contributed by atoms with Crippen LogP contribution in [0.3, 0.4) is 0 Å². The smallest absolute Gasteiger partial charge is 0.410 e. The maximum absolute atomic E-state index is 12.4. The van der Waals surface area contributed by atoms with Crippen LogP contribution in [-0.4, -0.2) is 54.8 Å². The largest absolute Gasteiger partial charge is 0.493 e. The number of carbonyl (C=O) groups is 3. The number of amides is 4. The Labute approximate surface area is 176 Å². The van der Waals surface area contributed by atoms with Gasteiger partial charge >= 0.3 is 12.1 Å². The molecule has 0 atom stereocenters. The van der Waals surface area contributed by atoms with Gasteiger partial charge in [0.2, 0.25) is 5.91 Å². The molecule has 1 aromatic rings. The summed E-state index contributed by atoms with van der Waals surface area (Å²) in [4.78, 5) is 39.3. The standard InChI is InChI=1S/C22H29N3O5/c1-21(2,3)30-20(28)24-10-7-22(8-11-24)13-15-12-16(4-5-17(15)29-14-22)25-9-6-18(26)23-19(25)27/h4-5,12H,6-11,13-14H2,1-3H3,(H,23,26,27). The Morgan fingerprint density at radius 1 is 1.17 bits per heavy atom. The second-order valence-electron chi connectivity index (χ2n) is 9.48. The highest BCUT2D eigenvalue weighted by molar-refractivity contribution is 6.05. The van der Waals surface area contributed by atoms with E-state index in [1.54, 1.807) is 9.80 Å². The number of likely N-dealkylation sites (tertiary alicyclic amines) is 1.